The number of benzene rings is 2. The lowest BCUT2D eigenvalue weighted by Gasteiger charge is -2.16. The van der Waals surface area contributed by atoms with Crippen LogP contribution in [0.15, 0.2) is 54.6 Å². The lowest BCUT2D eigenvalue weighted by Crippen LogP contribution is -2.42. The van der Waals surface area contributed by atoms with Gasteiger partial charge in [-0.1, -0.05) is 60.1 Å². The Morgan fingerprint density at radius 1 is 1.12 bits per heavy atom. The molecule has 0 aliphatic heterocycles. The third-order valence-electron chi connectivity index (χ3n) is 3.81. The number of hydrogen-bond donors (Lipinski definition) is 1. The molecule has 1 aromatic heterocycles. The summed E-state index contributed by atoms with van der Waals surface area (Å²) in [7, 11) is 1.30. The molecule has 0 radical (unpaired) electrons. The van der Waals surface area contributed by atoms with Gasteiger partial charge in [0.25, 0.3) is 5.91 Å². The van der Waals surface area contributed by atoms with Crippen molar-refractivity contribution in [3.05, 3.63) is 70.1 Å². The van der Waals surface area contributed by atoms with E-state index in [1.54, 1.807) is 0 Å². The van der Waals surface area contributed by atoms with E-state index in [0.29, 0.717) is 16.3 Å². The van der Waals surface area contributed by atoms with Gasteiger partial charge in [-0.3, -0.25) is 4.79 Å². The molecule has 1 amide bonds. The van der Waals surface area contributed by atoms with E-state index in [9.17, 15) is 9.59 Å². The summed E-state index contributed by atoms with van der Waals surface area (Å²) in [6.45, 7) is 0. The summed E-state index contributed by atoms with van der Waals surface area (Å²) in [5, 5.41) is 3.98. The van der Waals surface area contributed by atoms with E-state index in [0.717, 1.165) is 15.6 Å². The minimum absolute atomic E-state index is 0.349. The fourth-order valence-corrected chi connectivity index (χ4v) is 3.99. The van der Waals surface area contributed by atoms with Gasteiger partial charge in [0.15, 0.2) is 0 Å². The lowest BCUT2D eigenvalue weighted by molar-refractivity contribution is -0.142. The number of rotatable bonds is 5. The Morgan fingerprint density at radius 2 is 1.80 bits per heavy atom. The molecular weight excluding hydrogens is 358 g/mol. The number of hydrogen-bond acceptors (Lipinski definition) is 4. The zero-order chi connectivity index (χ0) is 17.8. The average molecular weight is 374 g/mol. The van der Waals surface area contributed by atoms with Crippen LogP contribution in [-0.2, 0) is 16.0 Å². The van der Waals surface area contributed by atoms with Gasteiger partial charge >= 0.3 is 5.97 Å². The normalized spacial score (nSPS) is 11.9. The van der Waals surface area contributed by atoms with Crippen molar-refractivity contribution in [2.24, 2.45) is 0 Å². The first-order chi connectivity index (χ1) is 12.1. The van der Waals surface area contributed by atoms with E-state index < -0.39 is 12.0 Å². The van der Waals surface area contributed by atoms with Crippen LogP contribution in [0.25, 0.3) is 10.1 Å². The predicted molar refractivity (Wildman–Crippen MR) is 100 cm³/mol. The minimum Gasteiger partial charge on any atom is -0.467 e. The Kier molecular flexibility index (Phi) is 5.36. The largest absolute Gasteiger partial charge is 0.467 e. The van der Waals surface area contributed by atoms with E-state index in [-0.39, 0.29) is 5.91 Å². The molecule has 0 spiro atoms. The molecule has 0 aliphatic rings. The first-order valence-corrected chi connectivity index (χ1v) is 8.89. The van der Waals surface area contributed by atoms with Crippen LogP contribution in [0.3, 0.4) is 0 Å². The number of carbonyl (C=O) groups is 2. The maximum atomic E-state index is 12.7. The molecule has 25 heavy (non-hydrogen) atoms. The number of carbonyl (C=O) groups excluding carboxylic acids is 2. The van der Waals surface area contributed by atoms with Gasteiger partial charge in [0.1, 0.15) is 10.9 Å². The highest BCUT2D eigenvalue weighted by molar-refractivity contribution is 7.21. The van der Waals surface area contributed by atoms with Crippen molar-refractivity contribution in [1.29, 1.82) is 0 Å². The number of methoxy groups -OCH3 is 1. The summed E-state index contributed by atoms with van der Waals surface area (Å²) in [4.78, 5) is 25.1. The van der Waals surface area contributed by atoms with Crippen LogP contribution < -0.4 is 5.32 Å². The van der Waals surface area contributed by atoms with Crippen LogP contribution in [0.4, 0.5) is 0 Å². The third kappa shape index (κ3) is 3.83. The van der Waals surface area contributed by atoms with Crippen LogP contribution >= 0.6 is 22.9 Å². The van der Waals surface area contributed by atoms with Gasteiger partial charge in [0.05, 0.1) is 12.1 Å². The summed E-state index contributed by atoms with van der Waals surface area (Å²) in [6.07, 6.45) is 0.349. The minimum atomic E-state index is -0.777. The molecule has 0 unspecified atom stereocenters. The summed E-state index contributed by atoms with van der Waals surface area (Å²) in [6, 6.07) is 16.2. The van der Waals surface area contributed by atoms with Crippen molar-refractivity contribution < 1.29 is 14.3 Å². The number of ether oxygens (including phenoxy) is 1. The zero-order valence-corrected chi connectivity index (χ0v) is 15.1. The molecule has 6 heteroatoms. The van der Waals surface area contributed by atoms with Crippen LogP contribution in [0.2, 0.25) is 5.02 Å². The topological polar surface area (TPSA) is 55.4 Å². The fourth-order valence-electron chi connectivity index (χ4n) is 2.57. The van der Waals surface area contributed by atoms with Gasteiger partial charge in [-0.15, -0.1) is 11.3 Å². The second-order valence-corrected chi connectivity index (χ2v) is 6.91. The smallest absolute Gasteiger partial charge is 0.328 e. The molecule has 4 nitrogen and oxygen atoms in total. The first-order valence-electron chi connectivity index (χ1n) is 7.70. The van der Waals surface area contributed by atoms with Crippen LogP contribution in [-0.4, -0.2) is 25.0 Å². The van der Waals surface area contributed by atoms with Crippen molar-refractivity contribution in [3.63, 3.8) is 0 Å². The molecular formula is C19H16ClNO3S. The summed E-state index contributed by atoms with van der Waals surface area (Å²) >= 11 is 7.65. The second-order valence-electron chi connectivity index (χ2n) is 5.48. The predicted octanol–water partition coefficient (Wildman–Crippen LogP) is 4.07. The highest BCUT2D eigenvalue weighted by Crippen LogP contribution is 2.35. The first kappa shape index (κ1) is 17.5. The van der Waals surface area contributed by atoms with Gasteiger partial charge in [0, 0.05) is 16.5 Å². The monoisotopic (exact) mass is 373 g/mol. The van der Waals surface area contributed by atoms with E-state index in [1.165, 1.54) is 18.4 Å². The average Bonchev–Trinajstić information content (AvgIpc) is 2.98. The highest BCUT2D eigenvalue weighted by Gasteiger charge is 2.25. The fraction of sp³-hybridized carbons (Fsp3) is 0.158. The Bertz CT molecular complexity index is 907. The van der Waals surface area contributed by atoms with Crippen molar-refractivity contribution in [2.45, 2.75) is 12.5 Å². The molecule has 3 aromatic rings. The number of amides is 1. The van der Waals surface area contributed by atoms with Crippen LogP contribution in [0.1, 0.15) is 15.2 Å². The van der Waals surface area contributed by atoms with Gasteiger partial charge in [-0.25, -0.2) is 4.79 Å². The lowest BCUT2D eigenvalue weighted by atomic mass is 10.1. The molecule has 1 N–H and O–H groups in total. The number of halogens is 1. The van der Waals surface area contributed by atoms with Gasteiger partial charge in [-0.05, 0) is 11.6 Å². The van der Waals surface area contributed by atoms with E-state index in [2.05, 4.69) is 5.32 Å². The Labute approximate surface area is 154 Å². The van der Waals surface area contributed by atoms with Gasteiger partial charge in [-0.2, -0.15) is 0 Å². The van der Waals surface area contributed by atoms with E-state index >= 15 is 0 Å². The molecule has 0 saturated carbocycles. The number of nitrogens with one attached hydrogen (secondary N) is 1. The SMILES string of the molecule is COC(=O)[C@H](Cc1ccccc1)NC(=O)c1sc2ccccc2c1Cl. The van der Waals surface area contributed by atoms with Gasteiger partial charge in [0.2, 0.25) is 0 Å². The Hall–Kier alpha value is -2.37. The molecule has 0 aliphatic carbocycles. The molecule has 0 fully saturated rings. The van der Waals surface area contributed by atoms with E-state index in [4.69, 9.17) is 16.3 Å². The molecule has 1 heterocycles. The van der Waals surface area contributed by atoms with E-state index in [1.807, 2.05) is 54.6 Å². The van der Waals surface area contributed by atoms with Crippen molar-refractivity contribution in [2.75, 3.05) is 7.11 Å². The standard InChI is InChI=1S/C19H16ClNO3S/c1-24-19(23)14(11-12-7-3-2-4-8-12)21-18(22)17-16(20)13-9-5-6-10-15(13)25-17/h2-10,14H,11H2,1H3,(H,21,22)/t14-/m0/s1. The summed E-state index contributed by atoms with van der Waals surface area (Å²) < 4.78 is 5.75. The highest BCUT2D eigenvalue weighted by atomic mass is 35.5. The molecule has 0 saturated heterocycles. The third-order valence-corrected chi connectivity index (χ3v) is 5.49. The van der Waals surface area contributed by atoms with Crippen molar-refractivity contribution >= 4 is 44.9 Å². The van der Waals surface area contributed by atoms with Crippen molar-refractivity contribution in [3.8, 4) is 0 Å². The van der Waals surface area contributed by atoms with Crippen LogP contribution in [0, 0.1) is 0 Å². The molecule has 128 valence electrons. The molecule has 3 rings (SSSR count). The number of esters is 1. The number of thiophene rings is 1. The molecule has 1 atom stereocenters. The second kappa shape index (κ2) is 7.68. The maximum absolute atomic E-state index is 12.7. The zero-order valence-electron chi connectivity index (χ0n) is 13.5. The molecule has 2 aromatic carbocycles. The number of fused-ring (bicyclic) bond motifs is 1. The quantitative estimate of drug-likeness (QED) is 0.686. The maximum Gasteiger partial charge on any atom is 0.328 e. The van der Waals surface area contributed by atoms with Crippen LogP contribution in [0.5, 0.6) is 0 Å². The van der Waals surface area contributed by atoms with Crippen molar-refractivity contribution in [1.82, 2.24) is 5.32 Å². The van der Waals surface area contributed by atoms with Gasteiger partial charge < -0.3 is 10.1 Å². The summed E-state index contributed by atoms with van der Waals surface area (Å²) in [5.41, 5.74) is 0.931. The molecule has 0 bridgehead atoms. The summed E-state index contributed by atoms with van der Waals surface area (Å²) in [5.74, 6) is -0.869. The Balaban J connectivity index is 1.84. The Morgan fingerprint density at radius 3 is 2.48 bits per heavy atom.